The van der Waals surface area contributed by atoms with Crippen molar-refractivity contribution in [1.82, 2.24) is 29.7 Å². The molecule has 1 N–H and O–H groups in total. The van der Waals surface area contributed by atoms with Crippen molar-refractivity contribution < 1.29 is 31.2 Å². The Morgan fingerprint density at radius 3 is 2.93 bits per heavy atom. The van der Waals surface area contributed by atoms with E-state index >= 15 is 0 Å². The Morgan fingerprint density at radius 1 is 1.29 bits per heavy atom. The Balaban J connectivity index is 1.38. The van der Waals surface area contributed by atoms with E-state index in [0.29, 0.717) is 43.4 Å². The zero-order valence-electron chi connectivity index (χ0n) is 14.5. The van der Waals surface area contributed by atoms with E-state index < -0.39 is 28.5 Å². The number of nitrogens with zero attached hydrogens (tertiary/aromatic N) is 6. The van der Waals surface area contributed by atoms with Crippen LogP contribution in [0.1, 0.15) is 30.6 Å². The van der Waals surface area contributed by atoms with Crippen LogP contribution in [-0.2, 0) is 32.6 Å². The van der Waals surface area contributed by atoms with Gasteiger partial charge in [-0.1, -0.05) is 0 Å². The molecule has 150 valence electrons. The van der Waals surface area contributed by atoms with Crippen LogP contribution in [0.15, 0.2) is 10.6 Å². The van der Waals surface area contributed by atoms with Crippen LogP contribution in [0.5, 0.6) is 0 Å². The second-order valence-electron chi connectivity index (χ2n) is 6.74. The number of aromatic nitrogens is 4. The topological polar surface area (TPSA) is 153 Å². The molecule has 3 aliphatic rings. The van der Waals surface area contributed by atoms with Crippen molar-refractivity contribution in [2.75, 3.05) is 13.2 Å². The minimum atomic E-state index is -4.79. The van der Waals surface area contributed by atoms with Gasteiger partial charge in [-0.3, -0.25) is 4.55 Å². The number of amides is 2. The van der Waals surface area contributed by atoms with Crippen LogP contribution in [0.25, 0.3) is 11.6 Å². The molecule has 0 aromatic carbocycles. The molecule has 0 unspecified atom stereocenters. The molecular formula is C14H16N6O7S. The third-order valence-corrected chi connectivity index (χ3v) is 5.36. The van der Waals surface area contributed by atoms with Crippen molar-refractivity contribution in [2.24, 2.45) is 0 Å². The van der Waals surface area contributed by atoms with Gasteiger partial charge in [-0.05, 0) is 12.8 Å². The van der Waals surface area contributed by atoms with Crippen molar-refractivity contribution in [1.29, 1.82) is 0 Å². The van der Waals surface area contributed by atoms with Gasteiger partial charge in [0.05, 0.1) is 12.6 Å². The van der Waals surface area contributed by atoms with Crippen LogP contribution in [0, 0.1) is 0 Å². The molecule has 2 atom stereocenters. The number of hydrogen-bond donors (Lipinski definition) is 1. The minimum Gasteiger partial charge on any atom is -0.417 e. The lowest BCUT2D eigenvalue weighted by molar-refractivity contribution is -0.0317. The third-order valence-electron chi connectivity index (χ3n) is 5.01. The van der Waals surface area contributed by atoms with Crippen molar-refractivity contribution in [3.05, 3.63) is 17.9 Å². The van der Waals surface area contributed by atoms with E-state index in [1.807, 2.05) is 10.8 Å². The Hall–Kier alpha value is -2.55. The van der Waals surface area contributed by atoms with Crippen LogP contribution in [0.4, 0.5) is 4.79 Å². The van der Waals surface area contributed by atoms with E-state index in [4.69, 9.17) is 13.7 Å². The molecule has 14 heteroatoms. The standard InChI is InChI=1S/C14H16N6O7S/c21-14-19-5-8(20(14)27-28(22,23)24)1-2-10(19)13-17-16-12(26-13)9-6-18-3-4-25-7-11(18)15-9/h6,8,10H,1-5,7H2,(H,22,23,24)/t8-,10+/m0/s1. The molecule has 2 fully saturated rings. The van der Waals surface area contributed by atoms with Crippen molar-refractivity contribution in [3.63, 3.8) is 0 Å². The highest BCUT2D eigenvalue weighted by molar-refractivity contribution is 7.80. The Morgan fingerprint density at radius 2 is 2.14 bits per heavy atom. The molecule has 0 radical (unpaired) electrons. The van der Waals surface area contributed by atoms with Crippen LogP contribution >= 0.6 is 0 Å². The highest BCUT2D eigenvalue weighted by Crippen LogP contribution is 2.38. The van der Waals surface area contributed by atoms with Crippen LogP contribution < -0.4 is 0 Å². The number of fused-ring (bicyclic) bond motifs is 3. The largest absolute Gasteiger partial charge is 0.418 e. The van der Waals surface area contributed by atoms with E-state index in [9.17, 15) is 13.2 Å². The normalized spacial score (nSPS) is 24.7. The van der Waals surface area contributed by atoms with Gasteiger partial charge in [0.15, 0.2) is 0 Å². The molecule has 3 aliphatic heterocycles. The zero-order chi connectivity index (χ0) is 19.5. The molecule has 2 amide bonds. The number of ether oxygens (including phenoxy) is 1. The summed E-state index contributed by atoms with van der Waals surface area (Å²) in [6.07, 6.45) is 2.75. The van der Waals surface area contributed by atoms with E-state index in [2.05, 4.69) is 19.5 Å². The summed E-state index contributed by atoms with van der Waals surface area (Å²) in [4.78, 5) is 18.3. The van der Waals surface area contributed by atoms with Gasteiger partial charge in [-0.15, -0.1) is 14.5 Å². The van der Waals surface area contributed by atoms with Crippen molar-refractivity contribution >= 4 is 16.4 Å². The number of hydroxylamine groups is 2. The number of carbonyl (C=O) groups is 1. The van der Waals surface area contributed by atoms with Gasteiger partial charge in [0.2, 0.25) is 5.89 Å². The van der Waals surface area contributed by atoms with E-state index in [1.54, 1.807) is 0 Å². The molecule has 13 nitrogen and oxygen atoms in total. The Kier molecular flexibility index (Phi) is 3.90. The second-order valence-corrected chi connectivity index (χ2v) is 7.75. The third kappa shape index (κ3) is 2.94. The lowest BCUT2D eigenvalue weighted by Crippen LogP contribution is -2.35. The lowest BCUT2D eigenvalue weighted by atomic mass is 10.0. The molecule has 0 aliphatic carbocycles. The first-order valence-electron chi connectivity index (χ1n) is 8.63. The number of imidazole rings is 1. The quantitative estimate of drug-likeness (QED) is 0.686. The average Bonchev–Trinajstić information content (AvgIpc) is 3.35. The summed E-state index contributed by atoms with van der Waals surface area (Å²) >= 11 is 0. The first kappa shape index (κ1) is 17.5. The molecule has 0 spiro atoms. The smallest absolute Gasteiger partial charge is 0.417 e. The van der Waals surface area contributed by atoms with E-state index in [-0.39, 0.29) is 18.3 Å². The first-order chi connectivity index (χ1) is 13.4. The molecule has 0 saturated carbocycles. The summed E-state index contributed by atoms with van der Waals surface area (Å²) in [5, 5.41) is 8.77. The van der Waals surface area contributed by atoms with Gasteiger partial charge in [0.1, 0.15) is 24.2 Å². The van der Waals surface area contributed by atoms with Crippen LogP contribution in [-0.4, -0.2) is 67.9 Å². The Bertz CT molecular complexity index is 1010. The zero-order valence-corrected chi connectivity index (χ0v) is 15.3. The van der Waals surface area contributed by atoms with Gasteiger partial charge in [-0.25, -0.2) is 9.78 Å². The highest BCUT2D eigenvalue weighted by atomic mass is 32.3. The monoisotopic (exact) mass is 412 g/mol. The molecule has 2 bridgehead atoms. The number of piperidine rings is 1. The molecule has 28 heavy (non-hydrogen) atoms. The maximum atomic E-state index is 12.5. The molecule has 5 rings (SSSR count). The minimum absolute atomic E-state index is 0.229. The summed E-state index contributed by atoms with van der Waals surface area (Å²) in [6.45, 7) is 1.95. The van der Waals surface area contributed by atoms with Crippen molar-refractivity contribution in [3.8, 4) is 11.6 Å². The van der Waals surface area contributed by atoms with Gasteiger partial charge >= 0.3 is 16.4 Å². The summed E-state index contributed by atoms with van der Waals surface area (Å²) in [5.74, 6) is 1.24. The van der Waals surface area contributed by atoms with Gasteiger partial charge in [0, 0.05) is 19.3 Å². The second kappa shape index (κ2) is 6.23. The molecule has 2 aromatic heterocycles. The summed E-state index contributed by atoms with van der Waals surface area (Å²) in [6, 6.07) is -1.67. The van der Waals surface area contributed by atoms with Gasteiger partial charge in [0.25, 0.3) is 5.89 Å². The average molecular weight is 412 g/mol. The molecule has 2 saturated heterocycles. The fraction of sp³-hybridized carbons (Fsp3) is 0.571. The molecular weight excluding hydrogens is 396 g/mol. The predicted molar refractivity (Wildman–Crippen MR) is 87.5 cm³/mol. The van der Waals surface area contributed by atoms with Crippen LogP contribution in [0.2, 0.25) is 0 Å². The predicted octanol–water partition coefficient (Wildman–Crippen LogP) is 0.139. The maximum Gasteiger partial charge on any atom is 0.418 e. The van der Waals surface area contributed by atoms with Crippen molar-refractivity contribution in [2.45, 2.75) is 38.1 Å². The van der Waals surface area contributed by atoms with Crippen LogP contribution in [0.3, 0.4) is 0 Å². The number of carbonyl (C=O) groups excluding carboxylic acids is 1. The molecule has 2 aromatic rings. The summed E-state index contributed by atoms with van der Waals surface area (Å²) in [7, 11) is -4.79. The van der Waals surface area contributed by atoms with E-state index in [0.717, 1.165) is 5.82 Å². The summed E-state index contributed by atoms with van der Waals surface area (Å²) < 4.78 is 48.3. The Labute approximate surface area is 158 Å². The fourth-order valence-corrected chi connectivity index (χ4v) is 4.14. The van der Waals surface area contributed by atoms with E-state index in [1.165, 1.54) is 4.90 Å². The molecule has 5 heterocycles. The maximum absolute atomic E-state index is 12.5. The fourth-order valence-electron chi connectivity index (χ4n) is 3.75. The van der Waals surface area contributed by atoms with Gasteiger partial charge < -0.3 is 18.6 Å². The summed E-state index contributed by atoms with van der Waals surface area (Å²) in [5.41, 5.74) is 0.525. The first-order valence-corrected chi connectivity index (χ1v) is 10.00. The highest BCUT2D eigenvalue weighted by Gasteiger charge is 2.49. The number of rotatable bonds is 4. The van der Waals surface area contributed by atoms with Gasteiger partial charge in [-0.2, -0.15) is 13.5 Å². The number of hydrogen-bond acceptors (Lipinski definition) is 9. The number of urea groups is 1. The SMILES string of the molecule is O=C1N2C[C@H](CC[C@@H]2c2nnc(-c3cn4c(n3)COCC4)o2)N1OS(=O)(=O)O. The lowest BCUT2D eigenvalue weighted by Gasteiger charge is -2.27.